The fraction of sp³-hybridized carbons (Fsp3) is 0.381. The Balaban J connectivity index is 1.87. The van der Waals surface area contributed by atoms with E-state index < -0.39 is 23.4 Å². The maximum absolute atomic E-state index is 13.2. The number of nitrogens with one attached hydrogen (secondary N) is 1. The Kier molecular flexibility index (Phi) is 6.00. The van der Waals surface area contributed by atoms with Crippen LogP contribution in [-0.4, -0.2) is 39.7 Å². The van der Waals surface area contributed by atoms with Gasteiger partial charge in [0.25, 0.3) is 0 Å². The fourth-order valence-corrected chi connectivity index (χ4v) is 2.99. The van der Waals surface area contributed by atoms with E-state index in [1.807, 2.05) is 6.08 Å². The minimum absolute atomic E-state index is 0.199. The quantitative estimate of drug-likeness (QED) is 0.733. The number of aromatic nitrogens is 2. The van der Waals surface area contributed by atoms with Gasteiger partial charge in [0.1, 0.15) is 5.60 Å². The van der Waals surface area contributed by atoms with Gasteiger partial charge >= 0.3 is 12.3 Å². The first-order valence-electron chi connectivity index (χ1n) is 9.45. The van der Waals surface area contributed by atoms with Crippen molar-refractivity contribution in [1.82, 2.24) is 14.9 Å². The molecule has 30 heavy (non-hydrogen) atoms. The molecule has 2 heterocycles. The van der Waals surface area contributed by atoms with E-state index in [-0.39, 0.29) is 11.6 Å². The number of amides is 1. The average molecular weight is 420 g/mol. The number of carbonyl (C=O) groups is 1. The maximum Gasteiger partial charge on any atom is 0.416 e. The number of hydrogen-bond acceptors (Lipinski definition) is 5. The molecule has 6 nitrogen and oxygen atoms in total. The van der Waals surface area contributed by atoms with Crippen LogP contribution in [0.2, 0.25) is 0 Å². The Morgan fingerprint density at radius 3 is 2.43 bits per heavy atom. The average Bonchev–Trinajstić information content (AvgIpc) is 2.67. The lowest BCUT2D eigenvalue weighted by atomic mass is 9.96. The molecule has 0 bridgehead atoms. The predicted molar refractivity (Wildman–Crippen MR) is 107 cm³/mol. The maximum atomic E-state index is 13.2. The molecular formula is C21H23F3N4O2. The van der Waals surface area contributed by atoms with Crippen molar-refractivity contribution in [2.24, 2.45) is 0 Å². The van der Waals surface area contributed by atoms with Crippen molar-refractivity contribution < 1.29 is 22.7 Å². The zero-order valence-corrected chi connectivity index (χ0v) is 17.0. The molecule has 160 valence electrons. The van der Waals surface area contributed by atoms with Crippen molar-refractivity contribution in [1.29, 1.82) is 0 Å². The molecule has 3 rings (SSSR count). The number of ether oxygens (including phenoxy) is 1. The highest BCUT2D eigenvalue weighted by molar-refractivity contribution is 5.80. The Hall–Kier alpha value is -3.10. The largest absolute Gasteiger partial charge is 0.444 e. The van der Waals surface area contributed by atoms with Crippen molar-refractivity contribution in [3.63, 3.8) is 0 Å². The van der Waals surface area contributed by atoms with Gasteiger partial charge in [0.15, 0.2) is 0 Å². The number of anilines is 2. The van der Waals surface area contributed by atoms with Gasteiger partial charge in [-0.05, 0) is 51.0 Å². The van der Waals surface area contributed by atoms with Crippen LogP contribution in [-0.2, 0) is 10.9 Å². The number of alkyl halides is 3. The van der Waals surface area contributed by atoms with Gasteiger partial charge in [0.05, 0.1) is 5.56 Å². The summed E-state index contributed by atoms with van der Waals surface area (Å²) >= 11 is 0. The molecule has 0 unspecified atom stereocenters. The van der Waals surface area contributed by atoms with E-state index >= 15 is 0 Å². The lowest BCUT2D eigenvalue weighted by Gasteiger charge is -2.30. The third-order valence-corrected chi connectivity index (χ3v) is 4.37. The van der Waals surface area contributed by atoms with Gasteiger partial charge in [-0.1, -0.05) is 12.1 Å². The molecule has 1 aromatic heterocycles. The van der Waals surface area contributed by atoms with E-state index in [0.717, 1.165) is 17.7 Å². The Morgan fingerprint density at radius 1 is 1.17 bits per heavy atom. The van der Waals surface area contributed by atoms with Gasteiger partial charge < -0.3 is 15.0 Å². The molecule has 9 heteroatoms. The van der Waals surface area contributed by atoms with Crippen molar-refractivity contribution >= 4 is 23.3 Å². The van der Waals surface area contributed by atoms with Crippen LogP contribution >= 0.6 is 0 Å². The summed E-state index contributed by atoms with van der Waals surface area (Å²) in [5, 5.41) is 2.88. The summed E-state index contributed by atoms with van der Waals surface area (Å²) in [4.78, 5) is 21.9. The monoisotopic (exact) mass is 420 g/mol. The molecule has 0 fully saturated rings. The Morgan fingerprint density at radius 2 is 1.87 bits per heavy atom. The van der Waals surface area contributed by atoms with Crippen LogP contribution in [0.4, 0.5) is 29.6 Å². The summed E-state index contributed by atoms with van der Waals surface area (Å²) in [6.45, 7) is 6.10. The van der Waals surface area contributed by atoms with Crippen LogP contribution in [0.25, 0.3) is 5.57 Å². The predicted octanol–water partition coefficient (Wildman–Crippen LogP) is 5.26. The van der Waals surface area contributed by atoms with E-state index in [1.54, 1.807) is 31.7 Å². The number of hydrogen-bond donors (Lipinski definition) is 1. The lowest BCUT2D eigenvalue weighted by Crippen LogP contribution is -2.39. The van der Waals surface area contributed by atoms with Crippen LogP contribution in [0.3, 0.4) is 0 Å². The van der Waals surface area contributed by atoms with Crippen molar-refractivity contribution in [3.8, 4) is 0 Å². The molecule has 1 N–H and O–H groups in total. The first kappa shape index (κ1) is 21.6. The molecule has 0 saturated carbocycles. The lowest BCUT2D eigenvalue weighted by molar-refractivity contribution is -0.137. The first-order valence-corrected chi connectivity index (χ1v) is 9.45. The smallest absolute Gasteiger partial charge is 0.416 e. The van der Waals surface area contributed by atoms with Gasteiger partial charge in [-0.25, -0.2) is 14.8 Å². The molecule has 2 aromatic rings. The highest BCUT2D eigenvalue weighted by atomic mass is 19.4. The van der Waals surface area contributed by atoms with Crippen LogP contribution in [0, 0.1) is 0 Å². The molecule has 0 atom stereocenters. The number of benzene rings is 1. The van der Waals surface area contributed by atoms with Gasteiger partial charge in [0.2, 0.25) is 5.95 Å². The van der Waals surface area contributed by atoms with Crippen molar-refractivity contribution in [2.75, 3.05) is 18.4 Å². The normalized spacial score (nSPS) is 14.9. The molecule has 1 aromatic carbocycles. The van der Waals surface area contributed by atoms with E-state index in [2.05, 4.69) is 15.3 Å². The third kappa shape index (κ3) is 5.49. The molecule has 0 spiro atoms. The third-order valence-electron chi connectivity index (χ3n) is 4.37. The molecular weight excluding hydrogens is 397 g/mol. The van der Waals surface area contributed by atoms with Gasteiger partial charge in [-0.3, -0.25) is 0 Å². The van der Waals surface area contributed by atoms with E-state index in [4.69, 9.17) is 4.74 Å². The molecule has 1 amide bonds. The minimum atomic E-state index is -4.47. The second-order valence-corrected chi connectivity index (χ2v) is 7.86. The van der Waals surface area contributed by atoms with Gasteiger partial charge in [0, 0.05) is 36.7 Å². The molecule has 0 aliphatic carbocycles. The molecule has 1 aliphatic rings. The summed E-state index contributed by atoms with van der Waals surface area (Å²) in [7, 11) is 0. The molecule has 1 aliphatic heterocycles. The van der Waals surface area contributed by atoms with Crippen LogP contribution in [0.15, 0.2) is 42.7 Å². The van der Waals surface area contributed by atoms with Crippen LogP contribution in [0.1, 0.15) is 38.3 Å². The second-order valence-electron chi connectivity index (χ2n) is 7.86. The number of rotatable bonds is 3. The van der Waals surface area contributed by atoms with Gasteiger partial charge in [-0.2, -0.15) is 13.2 Å². The highest BCUT2D eigenvalue weighted by Crippen LogP contribution is 2.36. The molecule has 0 radical (unpaired) electrons. The second kappa shape index (κ2) is 8.33. The fourth-order valence-electron chi connectivity index (χ4n) is 2.99. The van der Waals surface area contributed by atoms with Gasteiger partial charge in [-0.15, -0.1) is 0 Å². The van der Waals surface area contributed by atoms with Crippen molar-refractivity contribution in [2.45, 2.75) is 39.0 Å². The Labute approximate surface area is 172 Å². The minimum Gasteiger partial charge on any atom is -0.444 e. The summed E-state index contributed by atoms with van der Waals surface area (Å²) in [5.41, 5.74) is 0.340. The number of nitrogens with zero attached hydrogens (tertiary/aromatic N) is 3. The summed E-state index contributed by atoms with van der Waals surface area (Å²) in [5.74, 6) is 0.199. The van der Waals surface area contributed by atoms with Crippen LogP contribution in [0.5, 0.6) is 0 Å². The summed E-state index contributed by atoms with van der Waals surface area (Å²) in [6, 6.07) is 5.15. The zero-order chi connectivity index (χ0) is 21.9. The van der Waals surface area contributed by atoms with E-state index in [9.17, 15) is 18.0 Å². The standard InChI is InChI=1S/C21H23F3N4O2/c1-20(2,3)30-19(29)28-11-7-14(8-12-28)16-6-5-15(21(22,23)24)13-17(16)27-18-25-9-4-10-26-18/h4-7,9-10,13H,8,11-12H2,1-3H3,(H,25,26,27). The summed E-state index contributed by atoms with van der Waals surface area (Å²) < 4.78 is 45.1. The first-order chi connectivity index (χ1) is 14.0. The van der Waals surface area contributed by atoms with E-state index in [0.29, 0.717) is 25.1 Å². The highest BCUT2D eigenvalue weighted by Gasteiger charge is 2.32. The number of carbonyl (C=O) groups excluding carboxylic acids is 1. The summed E-state index contributed by atoms with van der Waals surface area (Å²) in [6.07, 6.45) is 0.423. The number of halogens is 3. The SMILES string of the molecule is CC(C)(C)OC(=O)N1CC=C(c2ccc(C(F)(F)F)cc2Nc2ncccn2)CC1. The van der Waals surface area contributed by atoms with Crippen LogP contribution < -0.4 is 5.32 Å². The Bertz CT molecular complexity index is 938. The molecule has 0 saturated heterocycles. The zero-order valence-electron chi connectivity index (χ0n) is 17.0. The van der Waals surface area contributed by atoms with Crippen molar-refractivity contribution in [3.05, 3.63) is 53.9 Å². The topological polar surface area (TPSA) is 67.3 Å². The van der Waals surface area contributed by atoms with E-state index in [1.165, 1.54) is 18.5 Å².